The van der Waals surface area contributed by atoms with E-state index in [9.17, 15) is 9.59 Å². The molecule has 0 saturated carbocycles. The summed E-state index contributed by atoms with van der Waals surface area (Å²) in [5, 5.41) is 0. The van der Waals surface area contributed by atoms with Gasteiger partial charge in [-0.25, -0.2) is 0 Å². The minimum absolute atomic E-state index is 0.0640. The minimum Gasteiger partial charge on any atom is -0.464 e. The Morgan fingerprint density at radius 1 is 1.47 bits per heavy atom. The zero-order valence-corrected chi connectivity index (χ0v) is 8.77. The first-order chi connectivity index (χ1) is 7.11. The van der Waals surface area contributed by atoms with E-state index in [0.29, 0.717) is 26.3 Å². The van der Waals surface area contributed by atoms with E-state index >= 15 is 0 Å². The van der Waals surface area contributed by atoms with E-state index < -0.39 is 12.0 Å². The second-order valence-corrected chi connectivity index (χ2v) is 3.35. The molecular formula is C9H16N2O4. The Kier molecular flexibility index (Phi) is 4.51. The van der Waals surface area contributed by atoms with Crippen LogP contribution in [0, 0.1) is 0 Å². The first-order valence-electron chi connectivity index (χ1n) is 4.86. The highest BCUT2D eigenvalue weighted by Gasteiger charge is 2.23. The molecule has 0 aromatic carbocycles. The summed E-state index contributed by atoms with van der Waals surface area (Å²) in [5.74, 6) is -0.625. The van der Waals surface area contributed by atoms with E-state index in [0.717, 1.165) is 0 Å². The maximum atomic E-state index is 11.7. The number of hydrogen-bond acceptors (Lipinski definition) is 5. The number of carbonyl (C=O) groups is 2. The second kappa shape index (κ2) is 5.67. The molecule has 0 radical (unpaired) electrons. The van der Waals surface area contributed by atoms with Gasteiger partial charge in [0.05, 0.1) is 13.2 Å². The highest BCUT2D eigenvalue weighted by Crippen LogP contribution is 2.00. The second-order valence-electron chi connectivity index (χ2n) is 3.35. The van der Waals surface area contributed by atoms with Crippen molar-refractivity contribution in [1.29, 1.82) is 0 Å². The molecule has 0 aliphatic carbocycles. The molecule has 0 bridgehead atoms. The third-order valence-electron chi connectivity index (χ3n) is 2.11. The van der Waals surface area contributed by atoms with E-state index in [4.69, 9.17) is 10.5 Å². The van der Waals surface area contributed by atoms with Crippen molar-refractivity contribution in [3.05, 3.63) is 0 Å². The van der Waals surface area contributed by atoms with Gasteiger partial charge in [-0.05, 0) is 0 Å². The fraction of sp³-hybridized carbons (Fsp3) is 0.778. The first-order valence-corrected chi connectivity index (χ1v) is 4.86. The van der Waals surface area contributed by atoms with Crippen LogP contribution >= 0.6 is 0 Å². The molecule has 6 heteroatoms. The predicted molar refractivity (Wildman–Crippen MR) is 52.0 cm³/mol. The van der Waals surface area contributed by atoms with Gasteiger partial charge in [0, 0.05) is 20.0 Å². The van der Waals surface area contributed by atoms with Crippen LogP contribution in [0.4, 0.5) is 0 Å². The lowest BCUT2D eigenvalue weighted by molar-refractivity contribution is -0.145. The van der Waals surface area contributed by atoms with Crippen molar-refractivity contribution in [2.75, 3.05) is 32.9 Å². The lowest BCUT2D eigenvalue weighted by Crippen LogP contribution is -2.50. The molecule has 86 valence electrons. The van der Waals surface area contributed by atoms with Crippen LogP contribution < -0.4 is 5.73 Å². The van der Waals surface area contributed by atoms with Gasteiger partial charge in [0.15, 0.2) is 0 Å². The van der Waals surface area contributed by atoms with E-state index in [2.05, 4.69) is 4.74 Å². The van der Waals surface area contributed by atoms with Crippen LogP contribution in [0.15, 0.2) is 0 Å². The van der Waals surface area contributed by atoms with Crippen molar-refractivity contribution < 1.29 is 19.1 Å². The fourth-order valence-electron chi connectivity index (χ4n) is 1.30. The lowest BCUT2D eigenvalue weighted by atomic mass is 10.2. The molecule has 1 heterocycles. The summed E-state index contributed by atoms with van der Waals surface area (Å²) in [6.45, 7) is 3.38. The molecule has 1 amide bonds. The summed E-state index contributed by atoms with van der Waals surface area (Å²) in [7, 11) is 0. The molecule has 15 heavy (non-hydrogen) atoms. The largest absolute Gasteiger partial charge is 0.464 e. The third kappa shape index (κ3) is 3.85. The van der Waals surface area contributed by atoms with Gasteiger partial charge in [0.1, 0.15) is 12.6 Å². The molecule has 1 aliphatic heterocycles. The number of ether oxygens (including phenoxy) is 2. The van der Waals surface area contributed by atoms with E-state index in [-0.39, 0.29) is 12.5 Å². The van der Waals surface area contributed by atoms with Crippen molar-refractivity contribution in [2.24, 2.45) is 5.73 Å². The molecule has 6 nitrogen and oxygen atoms in total. The van der Waals surface area contributed by atoms with Crippen LogP contribution in [-0.2, 0) is 19.1 Å². The molecule has 1 unspecified atom stereocenters. The predicted octanol–water partition coefficient (Wildman–Crippen LogP) is -1.26. The lowest BCUT2D eigenvalue weighted by Gasteiger charge is -2.28. The fourth-order valence-corrected chi connectivity index (χ4v) is 1.30. The third-order valence-corrected chi connectivity index (χ3v) is 2.11. The Morgan fingerprint density at radius 3 is 2.60 bits per heavy atom. The van der Waals surface area contributed by atoms with Gasteiger partial charge in [-0.3, -0.25) is 9.59 Å². The number of nitrogens with two attached hydrogens (primary N) is 1. The molecule has 2 N–H and O–H groups in total. The smallest absolute Gasteiger partial charge is 0.302 e. The normalized spacial score (nSPS) is 18.4. The molecule has 0 aromatic rings. The van der Waals surface area contributed by atoms with Gasteiger partial charge in [-0.15, -0.1) is 0 Å². The number of hydrogen-bond donors (Lipinski definition) is 1. The van der Waals surface area contributed by atoms with Crippen LogP contribution in [0.25, 0.3) is 0 Å². The van der Waals surface area contributed by atoms with Crippen molar-refractivity contribution in [1.82, 2.24) is 4.90 Å². The Hall–Kier alpha value is -1.14. The maximum absolute atomic E-state index is 11.7. The summed E-state index contributed by atoms with van der Waals surface area (Å²) < 4.78 is 9.78. The Labute approximate surface area is 88.3 Å². The van der Waals surface area contributed by atoms with Crippen molar-refractivity contribution >= 4 is 11.9 Å². The Bertz CT molecular complexity index is 238. The summed E-state index contributed by atoms with van der Waals surface area (Å²) in [5.41, 5.74) is 5.59. The van der Waals surface area contributed by atoms with Crippen LogP contribution in [-0.4, -0.2) is 55.7 Å². The number of esters is 1. The Morgan fingerprint density at radius 2 is 2.07 bits per heavy atom. The number of rotatable bonds is 3. The summed E-state index contributed by atoms with van der Waals surface area (Å²) >= 11 is 0. The summed E-state index contributed by atoms with van der Waals surface area (Å²) in [6, 6.07) is -0.771. The monoisotopic (exact) mass is 216 g/mol. The SMILES string of the molecule is CC(=O)OCC(N)C(=O)N1CCOCC1. The Balaban J connectivity index is 2.33. The van der Waals surface area contributed by atoms with Crippen LogP contribution in [0.1, 0.15) is 6.92 Å². The van der Waals surface area contributed by atoms with Crippen LogP contribution in [0.3, 0.4) is 0 Å². The first kappa shape index (κ1) is 11.9. The minimum atomic E-state index is -0.771. The molecule has 0 aromatic heterocycles. The highest BCUT2D eigenvalue weighted by atomic mass is 16.5. The van der Waals surface area contributed by atoms with E-state index in [1.54, 1.807) is 4.90 Å². The topological polar surface area (TPSA) is 81.9 Å². The maximum Gasteiger partial charge on any atom is 0.302 e. The quantitative estimate of drug-likeness (QED) is 0.595. The van der Waals surface area contributed by atoms with Gasteiger partial charge in [-0.2, -0.15) is 0 Å². The van der Waals surface area contributed by atoms with Crippen molar-refractivity contribution in [2.45, 2.75) is 13.0 Å². The van der Waals surface area contributed by atoms with E-state index in [1.807, 2.05) is 0 Å². The molecule has 1 aliphatic rings. The number of morpholine rings is 1. The standard InChI is InChI=1S/C9H16N2O4/c1-7(12)15-6-8(10)9(13)11-2-4-14-5-3-11/h8H,2-6,10H2,1H3. The molecular weight excluding hydrogens is 200 g/mol. The van der Waals surface area contributed by atoms with Crippen molar-refractivity contribution in [3.63, 3.8) is 0 Å². The zero-order chi connectivity index (χ0) is 11.3. The summed E-state index contributed by atoms with van der Waals surface area (Å²) in [4.78, 5) is 23.8. The number of nitrogens with zero attached hydrogens (tertiary/aromatic N) is 1. The average molecular weight is 216 g/mol. The average Bonchev–Trinajstić information content (AvgIpc) is 2.26. The van der Waals surface area contributed by atoms with E-state index in [1.165, 1.54) is 6.92 Å². The van der Waals surface area contributed by atoms with Gasteiger partial charge in [-0.1, -0.05) is 0 Å². The summed E-state index contributed by atoms with van der Waals surface area (Å²) in [6.07, 6.45) is 0. The molecule has 1 rings (SSSR count). The highest BCUT2D eigenvalue weighted by molar-refractivity contribution is 5.82. The van der Waals surface area contributed by atoms with Crippen LogP contribution in [0.5, 0.6) is 0 Å². The van der Waals surface area contributed by atoms with Gasteiger partial charge in [0.25, 0.3) is 0 Å². The molecule has 1 atom stereocenters. The van der Waals surface area contributed by atoms with Gasteiger partial charge < -0.3 is 20.1 Å². The van der Waals surface area contributed by atoms with Crippen LogP contribution in [0.2, 0.25) is 0 Å². The van der Waals surface area contributed by atoms with Gasteiger partial charge >= 0.3 is 5.97 Å². The van der Waals surface area contributed by atoms with Crippen molar-refractivity contribution in [3.8, 4) is 0 Å². The number of amides is 1. The van der Waals surface area contributed by atoms with Gasteiger partial charge in [0.2, 0.25) is 5.91 Å². The zero-order valence-electron chi connectivity index (χ0n) is 8.77. The molecule has 0 spiro atoms. The molecule has 1 saturated heterocycles. The molecule has 1 fully saturated rings. The number of carbonyl (C=O) groups excluding carboxylic acids is 2.